The molecule has 0 saturated heterocycles. The van der Waals surface area contributed by atoms with Gasteiger partial charge in [-0.25, -0.2) is 0 Å². The fourth-order valence-corrected chi connectivity index (χ4v) is 15.8. The lowest BCUT2D eigenvalue weighted by Crippen LogP contribution is -2.29. The average Bonchev–Trinajstić information content (AvgIpc) is 3.99. The molecule has 6 aromatic carbocycles. The molecule has 7 aliphatic rings. The molecule has 5 aromatic heterocycles. The first-order chi connectivity index (χ1) is 31.9. The van der Waals surface area contributed by atoms with Gasteiger partial charge in [-0.15, -0.1) is 0 Å². The first-order valence-corrected chi connectivity index (χ1v) is 24.8. The van der Waals surface area contributed by atoms with Gasteiger partial charge in [-0.05, 0) is 160 Å². The minimum atomic E-state index is -0.0803. The molecule has 0 amide bonds. The normalized spacial score (nSPS) is 23.1. The summed E-state index contributed by atoms with van der Waals surface area (Å²) in [7, 11) is 0. The van der Waals surface area contributed by atoms with Crippen LogP contribution < -0.4 is 0 Å². The Bertz CT molecular complexity index is 4050. The van der Waals surface area contributed by atoms with Crippen LogP contribution in [0.1, 0.15) is 164 Å². The summed E-state index contributed by atoms with van der Waals surface area (Å²) >= 11 is 0. The zero-order chi connectivity index (χ0) is 44.2. The predicted octanol–water partition coefficient (Wildman–Crippen LogP) is 15.5. The van der Waals surface area contributed by atoms with Crippen molar-refractivity contribution in [3.8, 4) is 6.07 Å². The highest BCUT2D eigenvalue weighted by molar-refractivity contribution is 6.30. The summed E-state index contributed by atoms with van der Waals surface area (Å²) in [6, 6.07) is 36.2. The quantitative estimate of drug-likeness (QED) is 0.153. The molecule has 2 fully saturated rings. The van der Waals surface area contributed by atoms with E-state index in [0.29, 0.717) is 11.8 Å². The molecule has 0 N–H and O–H groups in total. The van der Waals surface area contributed by atoms with Gasteiger partial charge in [-0.1, -0.05) is 90.1 Å². The summed E-state index contributed by atoms with van der Waals surface area (Å²) in [6.45, 7) is 16.5. The number of aryl methyl sites for hydroxylation is 1. The maximum atomic E-state index is 11.4. The molecule has 66 heavy (non-hydrogen) atoms. The number of aromatic nitrogens is 3. The zero-order valence-electron chi connectivity index (χ0n) is 38.9. The largest absolute Gasteiger partial charge is 0.308 e. The van der Waals surface area contributed by atoms with E-state index in [1.165, 1.54) is 158 Å². The fourth-order valence-electron chi connectivity index (χ4n) is 15.8. The van der Waals surface area contributed by atoms with Crippen LogP contribution in [0.5, 0.6) is 0 Å². The van der Waals surface area contributed by atoms with Crippen molar-refractivity contribution >= 4 is 76.2 Å². The average molecular weight is 853 g/mol. The molecule has 2 unspecified atom stereocenters. The smallest absolute Gasteiger partial charge is 0.0998 e. The monoisotopic (exact) mass is 852 g/mol. The van der Waals surface area contributed by atoms with Crippen LogP contribution in [0.4, 0.5) is 0 Å². The molecule has 320 valence electrons. The van der Waals surface area contributed by atoms with E-state index in [-0.39, 0.29) is 22.7 Å². The van der Waals surface area contributed by atoms with Gasteiger partial charge < -0.3 is 8.80 Å². The number of rotatable bonds is 0. The Hall–Kier alpha value is -6.44. The Morgan fingerprint density at radius 3 is 1.59 bits per heavy atom. The molecule has 18 rings (SSSR count). The first kappa shape index (κ1) is 36.7. The molecule has 0 spiro atoms. The van der Waals surface area contributed by atoms with E-state index >= 15 is 0 Å². The van der Waals surface area contributed by atoms with Crippen LogP contribution in [0, 0.1) is 30.1 Å². The standard InChI is InChI=1S/C62H52N4/c1-29-46(27-63)54-51-36-12-8-10-14-38(36)52(39-15-11-9-13-37(39)51)56(54)55-45-24-35(62(5,6)7)22-43-41-25-47-40(26-48(41)66(58(29)55)60(43)45)42-21-34(61(2,3)4)23-44-53-49(65(47)59(42)44)28-64-57-33-19-30-16-31(20-33)18-32(17-30)50(53)57/h8-15,21-26,28,30-33,51-52H,16-20H2,1-7H3. The van der Waals surface area contributed by atoms with Gasteiger partial charge in [0.25, 0.3) is 0 Å². The van der Waals surface area contributed by atoms with Crippen LogP contribution in [0.2, 0.25) is 0 Å². The van der Waals surface area contributed by atoms with Crippen molar-refractivity contribution < 1.29 is 0 Å². The van der Waals surface area contributed by atoms with Gasteiger partial charge in [0.1, 0.15) is 0 Å². The minimum Gasteiger partial charge on any atom is -0.308 e. The lowest BCUT2D eigenvalue weighted by atomic mass is 9.59. The van der Waals surface area contributed by atoms with Crippen LogP contribution >= 0.6 is 0 Å². The molecular formula is C62H52N4. The number of hydrogen-bond donors (Lipinski definition) is 0. The lowest BCUT2D eigenvalue weighted by Gasteiger charge is -2.43. The van der Waals surface area contributed by atoms with Crippen molar-refractivity contribution in [2.75, 3.05) is 0 Å². The summed E-state index contributed by atoms with van der Waals surface area (Å²) < 4.78 is 5.23. The van der Waals surface area contributed by atoms with E-state index in [9.17, 15) is 5.26 Å². The van der Waals surface area contributed by atoms with Gasteiger partial charge in [0, 0.05) is 66.5 Å². The van der Waals surface area contributed by atoms with E-state index in [2.05, 4.69) is 154 Å². The minimum absolute atomic E-state index is 0.0224. The molecule has 6 bridgehead atoms. The van der Waals surface area contributed by atoms with Crippen molar-refractivity contribution in [3.05, 3.63) is 158 Å². The number of nitriles is 1. The van der Waals surface area contributed by atoms with Gasteiger partial charge in [0.05, 0.1) is 50.9 Å². The maximum absolute atomic E-state index is 11.4. The zero-order valence-corrected chi connectivity index (χ0v) is 38.9. The van der Waals surface area contributed by atoms with Crippen LogP contribution in [0.15, 0.2) is 91.1 Å². The molecule has 7 aliphatic carbocycles. The van der Waals surface area contributed by atoms with E-state index < -0.39 is 0 Å². The van der Waals surface area contributed by atoms with Crippen molar-refractivity contribution in [2.24, 2.45) is 11.8 Å². The van der Waals surface area contributed by atoms with Crippen molar-refractivity contribution in [3.63, 3.8) is 0 Å². The molecule has 5 heterocycles. The molecule has 2 saturated carbocycles. The molecule has 0 radical (unpaired) electrons. The highest BCUT2D eigenvalue weighted by Crippen LogP contribution is 2.62. The molecule has 0 aliphatic heterocycles. The second kappa shape index (κ2) is 11.6. The maximum Gasteiger partial charge on any atom is 0.0998 e. The number of fused-ring (bicyclic) bond motifs is 12. The summed E-state index contributed by atoms with van der Waals surface area (Å²) in [5.74, 6) is 2.96. The van der Waals surface area contributed by atoms with E-state index in [1.54, 1.807) is 5.56 Å². The van der Waals surface area contributed by atoms with Gasteiger partial charge in [-0.3, -0.25) is 4.98 Å². The van der Waals surface area contributed by atoms with Gasteiger partial charge >= 0.3 is 0 Å². The topological polar surface area (TPSA) is 45.5 Å². The summed E-state index contributed by atoms with van der Waals surface area (Å²) in [5, 5.41) is 22.2. The Labute approximate surface area is 384 Å². The summed E-state index contributed by atoms with van der Waals surface area (Å²) in [5.41, 5.74) is 23.2. The fraction of sp³-hybridized carbons (Fsp3) is 0.323. The molecular weight excluding hydrogens is 801 g/mol. The van der Waals surface area contributed by atoms with Crippen molar-refractivity contribution in [1.29, 1.82) is 5.26 Å². The second-order valence-corrected chi connectivity index (χ2v) is 23.8. The van der Waals surface area contributed by atoms with Crippen LogP contribution in [-0.4, -0.2) is 13.8 Å². The van der Waals surface area contributed by atoms with Crippen LogP contribution in [0.3, 0.4) is 0 Å². The molecule has 11 aromatic rings. The Morgan fingerprint density at radius 2 is 1.03 bits per heavy atom. The summed E-state index contributed by atoms with van der Waals surface area (Å²) in [6.07, 6.45) is 9.00. The highest BCUT2D eigenvalue weighted by Gasteiger charge is 2.47. The molecule has 4 nitrogen and oxygen atoms in total. The molecule has 2 atom stereocenters. The van der Waals surface area contributed by atoms with Crippen LogP contribution in [-0.2, 0) is 10.8 Å². The summed E-state index contributed by atoms with van der Waals surface area (Å²) in [4.78, 5) is 5.53. The van der Waals surface area contributed by atoms with E-state index in [4.69, 9.17) is 4.98 Å². The van der Waals surface area contributed by atoms with Gasteiger partial charge in [0.15, 0.2) is 0 Å². The lowest BCUT2D eigenvalue weighted by molar-refractivity contribution is 0.165. The van der Waals surface area contributed by atoms with E-state index in [1.807, 2.05) is 0 Å². The number of benzene rings is 6. The third kappa shape index (κ3) is 4.15. The predicted molar refractivity (Wildman–Crippen MR) is 271 cm³/mol. The van der Waals surface area contributed by atoms with Crippen molar-refractivity contribution in [1.82, 2.24) is 13.8 Å². The van der Waals surface area contributed by atoms with Gasteiger partial charge in [-0.2, -0.15) is 5.26 Å². The Morgan fingerprint density at radius 1 is 0.530 bits per heavy atom. The number of nitrogens with zero attached hydrogens (tertiary/aromatic N) is 4. The second-order valence-electron chi connectivity index (χ2n) is 23.8. The van der Waals surface area contributed by atoms with E-state index in [0.717, 1.165) is 23.0 Å². The number of pyridine rings is 1. The third-order valence-electron chi connectivity index (χ3n) is 18.4. The van der Waals surface area contributed by atoms with Crippen molar-refractivity contribution in [2.45, 2.75) is 115 Å². The SMILES string of the molecule is Cc1c(C#N)c2c(c3c4cc(C(C)(C)C)cc5c6cc7c(cc6n(c13)c54)c1cc(C(C)(C)C)cc3c4c5c(ncc4n7c13)C1CC3CC(C1)CC5C3)C1c3ccccc3C2c2ccccc21. The highest BCUT2D eigenvalue weighted by atomic mass is 15.0. The molecule has 4 heteroatoms. The third-order valence-corrected chi connectivity index (χ3v) is 18.4. The number of hydrogen-bond acceptors (Lipinski definition) is 2. The van der Waals surface area contributed by atoms with Crippen LogP contribution in [0.25, 0.3) is 76.2 Å². The van der Waals surface area contributed by atoms with Gasteiger partial charge in [0.2, 0.25) is 0 Å². The Kier molecular flexibility index (Phi) is 6.43. The Balaban J connectivity index is 1.09. The first-order valence-electron chi connectivity index (χ1n) is 24.8.